The summed E-state index contributed by atoms with van der Waals surface area (Å²) in [4.78, 5) is 10.9. The van der Waals surface area contributed by atoms with Crippen molar-refractivity contribution in [3.05, 3.63) is 29.3 Å². The fourth-order valence-corrected chi connectivity index (χ4v) is 4.12. The van der Waals surface area contributed by atoms with E-state index in [9.17, 15) is 13.2 Å². The van der Waals surface area contributed by atoms with Gasteiger partial charge in [0.25, 0.3) is 0 Å². The molecule has 1 aliphatic rings. The number of unbranched alkanes of at least 4 members (excludes halogenated alkanes) is 2. The van der Waals surface area contributed by atoms with Gasteiger partial charge in [-0.3, -0.25) is 4.79 Å². The van der Waals surface area contributed by atoms with Crippen LogP contribution in [0.5, 0.6) is 5.75 Å². The fraction of sp³-hybridized carbons (Fsp3) is 0.650. The van der Waals surface area contributed by atoms with Crippen molar-refractivity contribution in [2.75, 3.05) is 25.5 Å². The number of hydrogen-bond acceptors (Lipinski definition) is 6. The van der Waals surface area contributed by atoms with E-state index in [1.54, 1.807) is 0 Å². The summed E-state index contributed by atoms with van der Waals surface area (Å²) in [7, 11) is -3.39. The van der Waals surface area contributed by atoms with Gasteiger partial charge in [-0.05, 0) is 69.1 Å². The van der Waals surface area contributed by atoms with Crippen molar-refractivity contribution in [1.82, 2.24) is 4.72 Å². The van der Waals surface area contributed by atoms with E-state index in [1.807, 2.05) is 32.0 Å². The van der Waals surface area contributed by atoms with Crippen molar-refractivity contribution >= 4 is 16.0 Å². The maximum Gasteiger partial charge on any atom is 0.319 e. The lowest BCUT2D eigenvalue weighted by Crippen LogP contribution is -2.29. The maximum atomic E-state index is 12.3. The number of carbonyl (C=O) groups excluding carboxylic acids is 1. The molecule has 1 aromatic rings. The highest BCUT2D eigenvalue weighted by Gasteiger charge is 2.22. The molecule has 1 fully saturated rings. The summed E-state index contributed by atoms with van der Waals surface area (Å²) in [6.07, 6.45) is 4.24. The molecule has 1 atom stereocenters. The number of benzene rings is 1. The fourth-order valence-electron chi connectivity index (χ4n) is 2.75. The molecule has 3 N–H and O–H groups in total. The minimum absolute atomic E-state index is 0.0407. The van der Waals surface area contributed by atoms with Gasteiger partial charge in [0.1, 0.15) is 5.75 Å². The summed E-state index contributed by atoms with van der Waals surface area (Å²) in [5.74, 6) is 1.08. The molecular weight excluding hydrogens is 380 g/mol. The van der Waals surface area contributed by atoms with Crippen molar-refractivity contribution in [2.24, 2.45) is 11.7 Å². The molecule has 2 rings (SSSR count). The number of rotatable bonds is 13. The molecular formula is C20H32N2O5S. The zero-order valence-corrected chi connectivity index (χ0v) is 17.6. The third-order valence-corrected chi connectivity index (χ3v) is 6.27. The summed E-state index contributed by atoms with van der Waals surface area (Å²) in [6, 6.07) is 5.49. The average molecular weight is 413 g/mol. The van der Waals surface area contributed by atoms with Crippen molar-refractivity contribution in [1.29, 1.82) is 0 Å². The molecule has 0 amide bonds. The van der Waals surface area contributed by atoms with Crippen molar-refractivity contribution < 1.29 is 22.7 Å². The first-order valence-electron chi connectivity index (χ1n) is 9.90. The highest BCUT2D eigenvalue weighted by Crippen LogP contribution is 2.31. The van der Waals surface area contributed by atoms with Crippen LogP contribution < -0.4 is 15.2 Å². The molecule has 158 valence electrons. The SMILES string of the molecule is Cc1ccc([C@H](C)NS(=O)(=O)CCCCCOC(=O)CN)cc1OCC1CC1. The van der Waals surface area contributed by atoms with Crippen LogP contribution in [0.3, 0.4) is 0 Å². The highest BCUT2D eigenvalue weighted by molar-refractivity contribution is 7.89. The van der Waals surface area contributed by atoms with Crippen LogP contribution >= 0.6 is 0 Å². The Morgan fingerprint density at radius 1 is 1.29 bits per heavy atom. The number of aryl methyl sites for hydroxylation is 1. The van der Waals surface area contributed by atoms with Gasteiger partial charge in [0.15, 0.2) is 0 Å². The van der Waals surface area contributed by atoms with Crippen molar-refractivity contribution in [2.45, 2.75) is 52.0 Å². The smallest absolute Gasteiger partial charge is 0.319 e. The number of nitrogens with two attached hydrogens (primary N) is 1. The Morgan fingerprint density at radius 3 is 2.71 bits per heavy atom. The Morgan fingerprint density at radius 2 is 2.04 bits per heavy atom. The molecule has 7 nitrogen and oxygen atoms in total. The van der Waals surface area contributed by atoms with E-state index in [0.717, 1.165) is 23.5 Å². The van der Waals surface area contributed by atoms with Gasteiger partial charge < -0.3 is 15.2 Å². The van der Waals surface area contributed by atoms with Crippen LogP contribution in [0.1, 0.15) is 56.2 Å². The second-order valence-electron chi connectivity index (χ2n) is 7.42. The molecule has 1 aromatic carbocycles. The summed E-state index contributed by atoms with van der Waals surface area (Å²) < 4.78 is 38.1. The molecule has 28 heavy (non-hydrogen) atoms. The Balaban J connectivity index is 1.77. The molecule has 0 aliphatic heterocycles. The van der Waals surface area contributed by atoms with Crippen LogP contribution in [0, 0.1) is 12.8 Å². The quantitative estimate of drug-likeness (QED) is 0.381. The molecule has 0 spiro atoms. The molecule has 8 heteroatoms. The van der Waals surface area contributed by atoms with E-state index in [-0.39, 0.29) is 24.9 Å². The van der Waals surface area contributed by atoms with Crippen LogP contribution in [-0.4, -0.2) is 39.9 Å². The van der Waals surface area contributed by atoms with Crippen LogP contribution in [0.4, 0.5) is 0 Å². The number of ether oxygens (including phenoxy) is 2. The molecule has 0 heterocycles. The van der Waals surface area contributed by atoms with Crippen molar-refractivity contribution in [3.63, 3.8) is 0 Å². The Hall–Kier alpha value is -1.64. The maximum absolute atomic E-state index is 12.3. The first kappa shape index (κ1) is 22.6. The molecule has 0 saturated heterocycles. The first-order valence-corrected chi connectivity index (χ1v) is 11.5. The number of esters is 1. The van der Waals surface area contributed by atoms with E-state index >= 15 is 0 Å². The van der Waals surface area contributed by atoms with E-state index in [1.165, 1.54) is 12.8 Å². The normalized spacial score (nSPS) is 15.2. The predicted octanol–water partition coefficient (Wildman–Crippen LogP) is 2.44. The zero-order chi connectivity index (χ0) is 20.6. The first-order chi connectivity index (χ1) is 13.3. The lowest BCUT2D eigenvalue weighted by Gasteiger charge is -2.17. The van der Waals surface area contributed by atoms with Gasteiger partial charge in [-0.2, -0.15) is 0 Å². The third kappa shape index (κ3) is 8.16. The second-order valence-corrected chi connectivity index (χ2v) is 9.30. The van der Waals surface area contributed by atoms with E-state index in [2.05, 4.69) is 4.72 Å². The Kier molecular flexibility index (Phi) is 8.72. The zero-order valence-electron chi connectivity index (χ0n) is 16.8. The largest absolute Gasteiger partial charge is 0.493 e. The summed E-state index contributed by atoms with van der Waals surface area (Å²) >= 11 is 0. The lowest BCUT2D eigenvalue weighted by atomic mass is 10.1. The molecule has 0 aromatic heterocycles. The van der Waals surface area contributed by atoms with Crippen LogP contribution in [0.25, 0.3) is 0 Å². The summed E-state index contributed by atoms with van der Waals surface area (Å²) in [5.41, 5.74) is 7.08. The number of nitrogens with one attached hydrogen (secondary N) is 1. The number of carbonyl (C=O) groups is 1. The standard InChI is InChI=1S/C20H32N2O5S/c1-15-6-9-18(12-19(15)27-14-17-7-8-17)16(2)22-28(24,25)11-5-3-4-10-26-20(23)13-21/h6,9,12,16-17,22H,3-5,7-8,10-11,13-14,21H2,1-2H3/t16-/m0/s1. The molecule has 0 radical (unpaired) electrons. The second kappa shape index (κ2) is 10.8. The summed E-state index contributed by atoms with van der Waals surface area (Å²) in [5, 5.41) is 0. The molecule has 1 saturated carbocycles. The minimum Gasteiger partial charge on any atom is -0.493 e. The molecule has 1 aliphatic carbocycles. The van der Waals surface area contributed by atoms with E-state index in [4.69, 9.17) is 15.2 Å². The third-order valence-electron chi connectivity index (χ3n) is 4.73. The van der Waals surface area contributed by atoms with Gasteiger partial charge >= 0.3 is 5.97 Å². The molecule has 0 unspecified atom stereocenters. The van der Waals surface area contributed by atoms with Crippen LogP contribution in [0.15, 0.2) is 18.2 Å². The van der Waals surface area contributed by atoms with Gasteiger partial charge in [0.05, 0.1) is 25.5 Å². The minimum atomic E-state index is -3.39. The lowest BCUT2D eigenvalue weighted by molar-refractivity contribution is -0.142. The Labute approximate surface area is 168 Å². The van der Waals surface area contributed by atoms with Gasteiger partial charge in [-0.25, -0.2) is 13.1 Å². The van der Waals surface area contributed by atoms with Gasteiger partial charge in [0.2, 0.25) is 10.0 Å². The van der Waals surface area contributed by atoms with E-state index < -0.39 is 16.0 Å². The topological polar surface area (TPSA) is 108 Å². The average Bonchev–Trinajstić information content (AvgIpc) is 3.47. The summed E-state index contributed by atoms with van der Waals surface area (Å²) in [6.45, 7) is 4.69. The monoisotopic (exact) mass is 412 g/mol. The van der Waals surface area contributed by atoms with E-state index in [0.29, 0.717) is 25.2 Å². The Bertz CT molecular complexity index is 747. The highest BCUT2D eigenvalue weighted by atomic mass is 32.2. The van der Waals surface area contributed by atoms with Crippen molar-refractivity contribution in [3.8, 4) is 5.75 Å². The van der Waals surface area contributed by atoms with Crippen LogP contribution in [-0.2, 0) is 19.6 Å². The molecule has 0 bridgehead atoms. The number of hydrogen-bond donors (Lipinski definition) is 2. The van der Waals surface area contributed by atoms with Crippen LogP contribution in [0.2, 0.25) is 0 Å². The number of sulfonamides is 1. The van der Waals surface area contributed by atoms with Gasteiger partial charge in [0, 0.05) is 6.04 Å². The predicted molar refractivity (Wildman–Crippen MR) is 109 cm³/mol. The van der Waals surface area contributed by atoms with Gasteiger partial charge in [-0.15, -0.1) is 0 Å². The van der Waals surface area contributed by atoms with Gasteiger partial charge in [-0.1, -0.05) is 12.1 Å².